The number of rotatable bonds is 1. The van der Waals surface area contributed by atoms with Crippen LogP contribution in [0.1, 0.15) is 13.8 Å². The van der Waals surface area contributed by atoms with Gasteiger partial charge in [0.15, 0.2) is 0 Å². The molecule has 5 heteroatoms. The van der Waals surface area contributed by atoms with E-state index in [2.05, 4.69) is 5.32 Å². The molecule has 2 rings (SSSR count). The average molecular weight is 228 g/mol. The fraction of sp³-hybridized carbons (Fsp3) is 0.909. The second-order valence-corrected chi connectivity index (χ2v) is 4.54. The third-order valence-corrected chi connectivity index (χ3v) is 3.13. The molecule has 2 saturated heterocycles. The lowest BCUT2D eigenvalue weighted by atomic mass is 10.1. The minimum Gasteiger partial charge on any atom is -0.377 e. The zero-order valence-electron chi connectivity index (χ0n) is 9.94. The summed E-state index contributed by atoms with van der Waals surface area (Å²) in [4.78, 5) is 14.2. The van der Waals surface area contributed by atoms with Crippen molar-refractivity contribution in [3.63, 3.8) is 0 Å². The number of amides is 1. The third kappa shape index (κ3) is 2.36. The quantitative estimate of drug-likeness (QED) is 0.664. The van der Waals surface area contributed by atoms with Crippen LogP contribution in [-0.2, 0) is 14.3 Å². The lowest BCUT2D eigenvalue weighted by Crippen LogP contribution is -2.58. The molecule has 0 radical (unpaired) electrons. The standard InChI is InChI=1S/C11H20N2O3/c1-8-6-15-7-9(2)13(8)11(14)10-5-12-3-4-16-10/h8-10,12H,3-7H2,1-2H3. The fourth-order valence-electron chi connectivity index (χ4n) is 2.33. The predicted octanol–water partition coefficient (Wildman–Crippen LogP) is -0.389. The highest BCUT2D eigenvalue weighted by atomic mass is 16.5. The lowest BCUT2D eigenvalue weighted by Gasteiger charge is -2.41. The molecule has 0 aromatic rings. The molecular formula is C11H20N2O3. The molecule has 3 atom stereocenters. The van der Waals surface area contributed by atoms with Gasteiger partial charge in [-0.2, -0.15) is 0 Å². The summed E-state index contributed by atoms with van der Waals surface area (Å²) in [6, 6.07) is 0.281. The Kier molecular flexibility index (Phi) is 3.78. The summed E-state index contributed by atoms with van der Waals surface area (Å²) in [6.45, 7) is 7.34. The van der Waals surface area contributed by atoms with E-state index in [0.29, 0.717) is 26.4 Å². The molecule has 5 nitrogen and oxygen atoms in total. The van der Waals surface area contributed by atoms with Crippen LogP contribution in [0.4, 0.5) is 0 Å². The van der Waals surface area contributed by atoms with E-state index in [9.17, 15) is 4.79 Å². The molecule has 2 aliphatic heterocycles. The van der Waals surface area contributed by atoms with Crippen molar-refractivity contribution < 1.29 is 14.3 Å². The minimum atomic E-state index is -0.322. The van der Waals surface area contributed by atoms with Gasteiger partial charge in [0.05, 0.1) is 31.9 Å². The van der Waals surface area contributed by atoms with Crippen molar-refractivity contribution in [3.05, 3.63) is 0 Å². The number of carbonyl (C=O) groups is 1. The first-order valence-corrected chi connectivity index (χ1v) is 5.92. The highest BCUT2D eigenvalue weighted by Gasteiger charge is 2.34. The van der Waals surface area contributed by atoms with Crippen LogP contribution in [-0.4, -0.2) is 61.9 Å². The number of carbonyl (C=O) groups excluding carboxylic acids is 1. The van der Waals surface area contributed by atoms with E-state index in [4.69, 9.17) is 9.47 Å². The summed E-state index contributed by atoms with van der Waals surface area (Å²) in [5, 5.41) is 3.18. The summed E-state index contributed by atoms with van der Waals surface area (Å²) >= 11 is 0. The van der Waals surface area contributed by atoms with E-state index in [1.165, 1.54) is 0 Å². The van der Waals surface area contributed by atoms with Crippen molar-refractivity contribution in [2.75, 3.05) is 32.9 Å². The van der Waals surface area contributed by atoms with Gasteiger partial charge < -0.3 is 19.7 Å². The van der Waals surface area contributed by atoms with Crippen LogP contribution in [0.5, 0.6) is 0 Å². The van der Waals surface area contributed by atoms with Gasteiger partial charge in [0.2, 0.25) is 0 Å². The monoisotopic (exact) mass is 228 g/mol. The van der Waals surface area contributed by atoms with Crippen molar-refractivity contribution >= 4 is 5.91 Å². The summed E-state index contributed by atoms with van der Waals surface area (Å²) in [5.41, 5.74) is 0. The average Bonchev–Trinajstić information content (AvgIpc) is 2.30. The van der Waals surface area contributed by atoms with Crippen molar-refractivity contribution in [2.24, 2.45) is 0 Å². The van der Waals surface area contributed by atoms with E-state index in [1.807, 2.05) is 18.7 Å². The Hall–Kier alpha value is -0.650. The van der Waals surface area contributed by atoms with Gasteiger partial charge in [0, 0.05) is 13.1 Å². The van der Waals surface area contributed by atoms with Crippen molar-refractivity contribution in [3.8, 4) is 0 Å². The smallest absolute Gasteiger partial charge is 0.253 e. The highest BCUT2D eigenvalue weighted by Crippen LogP contribution is 2.16. The molecule has 0 spiro atoms. The Balaban J connectivity index is 2.00. The van der Waals surface area contributed by atoms with E-state index >= 15 is 0 Å². The summed E-state index contributed by atoms with van der Waals surface area (Å²) in [7, 11) is 0. The highest BCUT2D eigenvalue weighted by molar-refractivity contribution is 5.82. The van der Waals surface area contributed by atoms with Crippen molar-refractivity contribution in [2.45, 2.75) is 32.0 Å². The van der Waals surface area contributed by atoms with Crippen LogP contribution in [0.2, 0.25) is 0 Å². The van der Waals surface area contributed by atoms with Gasteiger partial charge in [-0.25, -0.2) is 0 Å². The number of ether oxygens (including phenoxy) is 2. The Labute approximate surface area is 96.1 Å². The predicted molar refractivity (Wildman–Crippen MR) is 59.2 cm³/mol. The van der Waals surface area contributed by atoms with Crippen LogP contribution in [0.25, 0.3) is 0 Å². The number of nitrogens with zero attached hydrogens (tertiary/aromatic N) is 1. The molecule has 0 saturated carbocycles. The number of hydrogen-bond acceptors (Lipinski definition) is 4. The molecule has 2 fully saturated rings. The van der Waals surface area contributed by atoms with Crippen molar-refractivity contribution in [1.29, 1.82) is 0 Å². The fourth-order valence-corrected chi connectivity index (χ4v) is 2.33. The Morgan fingerprint density at radius 1 is 1.31 bits per heavy atom. The minimum absolute atomic E-state index is 0.0931. The second kappa shape index (κ2) is 5.12. The number of morpholine rings is 2. The van der Waals surface area contributed by atoms with Gasteiger partial charge in [-0.15, -0.1) is 0 Å². The first-order chi connectivity index (χ1) is 7.70. The second-order valence-electron chi connectivity index (χ2n) is 4.54. The Morgan fingerprint density at radius 3 is 2.56 bits per heavy atom. The maximum Gasteiger partial charge on any atom is 0.253 e. The van der Waals surface area contributed by atoms with Crippen molar-refractivity contribution in [1.82, 2.24) is 10.2 Å². The van der Waals surface area contributed by atoms with Gasteiger partial charge in [-0.3, -0.25) is 4.79 Å². The molecular weight excluding hydrogens is 208 g/mol. The molecule has 0 aliphatic carbocycles. The number of hydrogen-bond donors (Lipinski definition) is 1. The van der Waals surface area contributed by atoms with Crippen LogP contribution in [0.15, 0.2) is 0 Å². The summed E-state index contributed by atoms with van der Waals surface area (Å²) in [6.07, 6.45) is -0.322. The van der Waals surface area contributed by atoms with Crippen LogP contribution < -0.4 is 5.32 Å². The Morgan fingerprint density at radius 2 is 2.00 bits per heavy atom. The van der Waals surface area contributed by atoms with E-state index in [1.54, 1.807) is 0 Å². The zero-order valence-corrected chi connectivity index (χ0v) is 9.94. The van der Waals surface area contributed by atoms with Crippen LogP contribution >= 0.6 is 0 Å². The maximum absolute atomic E-state index is 12.3. The molecule has 2 aliphatic rings. The van der Waals surface area contributed by atoms with Gasteiger partial charge in [0.25, 0.3) is 5.91 Å². The van der Waals surface area contributed by atoms with Crippen LogP contribution in [0.3, 0.4) is 0 Å². The van der Waals surface area contributed by atoms with Gasteiger partial charge in [-0.1, -0.05) is 0 Å². The first-order valence-electron chi connectivity index (χ1n) is 5.92. The molecule has 0 bridgehead atoms. The largest absolute Gasteiger partial charge is 0.377 e. The first kappa shape index (κ1) is 11.8. The zero-order chi connectivity index (χ0) is 11.5. The lowest BCUT2D eigenvalue weighted by molar-refractivity contribution is -0.157. The topological polar surface area (TPSA) is 50.8 Å². The van der Waals surface area contributed by atoms with Gasteiger partial charge in [-0.05, 0) is 13.8 Å². The molecule has 2 heterocycles. The molecule has 0 aromatic heterocycles. The van der Waals surface area contributed by atoms with Crippen LogP contribution in [0, 0.1) is 0 Å². The van der Waals surface area contributed by atoms with E-state index < -0.39 is 0 Å². The summed E-state index contributed by atoms with van der Waals surface area (Å²) < 4.78 is 10.9. The third-order valence-electron chi connectivity index (χ3n) is 3.13. The van der Waals surface area contributed by atoms with Gasteiger partial charge in [0.1, 0.15) is 6.10 Å². The molecule has 16 heavy (non-hydrogen) atoms. The normalized spacial score (nSPS) is 36.1. The Bertz CT molecular complexity index is 244. The number of nitrogens with one attached hydrogen (secondary N) is 1. The molecule has 1 N–H and O–H groups in total. The molecule has 0 aromatic carbocycles. The maximum atomic E-state index is 12.3. The van der Waals surface area contributed by atoms with E-state index in [0.717, 1.165) is 6.54 Å². The van der Waals surface area contributed by atoms with Gasteiger partial charge >= 0.3 is 0 Å². The molecule has 1 amide bonds. The molecule has 92 valence electrons. The summed E-state index contributed by atoms with van der Waals surface area (Å²) in [5.74, 6) is 0.0931. The molecule has 3 unspecified atom stereocenters. The SMILES string of the molecule is CC1COCC(C)N1C(=O)C1CNCCO1. The van der Waals surface area contributed by atoms with E-state index in [-0.39, 0.29) is 24.1 Å².